The Morgan fingerprint density at radius 1 is 1.00 bits per heavy atom. The van der Waals surface area contributed by atoms with Gasteiger partial charge in [-0.25, -0.2) is 13.8 Å². The van der Waals surface area contributed by atoms with Crippen LogP contribution >= 0.6 is 11.6 Å². The quantitative estimate of drug-likeness (QED) is 0.256. The number of anilines is 1. The van der Waals surface area contributed by atoms with Gasteiger partial charge in [0.2, 0.25) is 0 Å². The molecule has 0 bridgehead atoms. The van der Waals surface area contributed by atoms with Crippen molar-refractivity contribution in [2.75, 3.05) is 4.31 Å². The van der Waals surface area contributed by atoms with E-state index in [0.717, 1.165) is 5.56 Å². The number of benzene rings is 3. The summed E-state index contributed by atoms with van der Waals surface area (Å²) in [7, 11) is -4.03. The minimum atomic E-state index is -4.03. The molecule has 1 aromatic heterocycles. The van der Waals surface area contributed by atoms with E-state index in [1.54, 1.807) is 97.3 Å². The lowest BCUT2D eigenvalue weighted by Gasteiger charge is -2.26. The Morgan fingerprint density at radius 2 is 1.72 bits per heavy atom. The Hall–Kier alpha value is -4.01. The SMILES string of the molecule is Cc1ccc(S(=O)(=O)N(Cc2ccc(Cl)cc2)c2ccccc2C(=O)N/N=C\c2cccnc2)cc1. The molecule has 0 unspecified atom stereocenters. The number of pyridine rings is 1. The number of halogens is 1. The highest BCUT2D eigenvalue weighted by molar-refractivity contribution is 7.92. The van der Waals surface area contributed by atoms with E-state index in [9.17, 15) is 13.2 Å². The van der Waals surface area contributed by atoms with Gasteiger partial charge in [-0.1, -0.05) is 59.6 Å². The van der Waals surface area contributed by atoms with Gasteiger partial charge in [0, 0.05) is 23.0 Å². The third-order valence-corrected chi connectivity index (χ3v) is 7.36. The molecule has 0 aliphatic carbocycles. The minimum Gasteiger partial charge on any atom is -0.267 e. The standard InChI is InChI=1S/C27H23ClN4O3S/c1-20-8-14-24(15-9-20)36(34,35)32(19-21-10-12-23(28)13-11-21)26-7-3-2-6-25(26)27(33)31-30-18-22-5-4-16-29-17-22/h2-18H,19H2,1H3,(H,31,33)/b30-18-. The first-order valence-corrected chi connectivity index (χ1v) is 12.8. The number of carbonyl (C=O) groups is 1. The summed E-state index contributed by atoms with van der Waals surface area (Å²) in [5.41, 5.74) is 5.21. The van der Waals surface area contributed by atoms with Crippen LogP contribution in [0.25, 0.3) is 0 Å². The van der Waals surface area contributed by atoms with Crippen LogP contribution in [0.5, 0.6) is 0 Å². The van der Waals surface area contributed by atoms with Crippen molar-refractivity contribution >= 4 is 39.4 Å². The number of nitrogens with one attached hydrogen (secondary N) is 1. The van der Waals surface area contributed by atoms with Crippen LogP contribution in [0.4, 0.5) is 5.69 Å². The van der Waals surface area contributed by atoms with Gasteiger partial charge in [0.25, 0.3) is 15.9 Å². The fraction of sp³-hybridized carbons (Fsp3) is 0.0741. The molecule has 0 fully saturated rings. The monoisotopic (exact) mass is 518 g/mol. The number of rotatable bonds is 8. The topological polar surface area (TPSA) is 91.7 Å². The Balaban J connectivity index is 1.72. The van der Waals surface area contributed by atoms with Crippen LogP contribution in [-0.2, 0) is 16.6 Å². The maximum Gasteiger partial charge on any atom is 0.273 e. The maximum absolute atomic E-state index is 13.8. The molecule has 1 amide bonds. The molecule has 0 saturated heterocycles. The number of sulfonamides is 1. The van der Waals surface area contributed by atoms with E-state index in [1.807, 2.05) is 6.92 Å². The maximum atomic E-state index is 13.8. The highest BCUT2D eigenvalue weighted by Gasteiger charge is 2.28. The fourth-order valence-corrected chi connectivity index (χ4v) is 5.05. The van der Waals surface area contributed by atoms with E-state index in [0.29, 0.717) is 16.1 Å². The van der Waals surface area contributed by atoms with Gasteiger partial charge in [0.15, 0.2) is 0 Å². The third-order valence-electron chi connectivity index (χ3n) is 5.33. The molecule has 9 heteroatoms. The Morgan fingerprint density at radius 3 is 2.42 bits per heavy atom. The first-order chi connectivity index (χ1) is 17.3. The van der Waals surface area contributed by atoms with Gasteiger partial charge in [-0.05, 0) is 55.0 Å². The average molecular weight is 519 g/mol. The van der Waals surface area contributed by atoms with E-state index in [2.05, 4.69) is 15.5 Å². The third kappa shape index (κ3) is 5.97. The number of hydrogen-bond donors (Lipinski definition) is 1. The average Bonchev–Trinajstić information content (AvgIpc) is 2.89. The minimum absolute atomic E-state index is 0.00335. The zero-order valence-corrected chi connectivity index (χ0v) is 20.9. The molecule has 7 nitrogen and oxygen atoms in total. The van der Waals surface area contributed by atoms with E-state index in [4.69, 9.17) is 11.6 Å². The molecule has 0 spiro atoms. The van der Waals surface area contributed by atoms with Crippen molar-refractivity contribution < 1.29 is 13.2 Å². The molecular weight excluding hydrogens is 496 g/mol. The number of hydrogen-bond acceptors (Lipinski definition) is 5. The molecule has 4 aromatic rings. The van der Waals surface area contributed by atoms with Crippen LogP contribution in [0.15, 0.2) is 107 Å². The van der Waals surface area contributed by atoms with Crippen molar-refractivity contribution in [3.05, 3.63) is 125 Å². The number of carbonyl (C=O) groups excluding carboxylic acids is 1. The van der Waals surface area contributed by atoms with Crippen LogP contribution in [0.1, 0.15) is 27.0 Å². The molecule has 4 rings (SSSR count). The van der Waals surface area contributed by atoms with Crippen LogP contribution in [0.2, 0.25) is 5.02 Å². The molecule has 1 N–H and O–H groups in total. The number of aromatic nitrogens is 1. The van der Waals surface area contributed by atoms with Crippen LogP contribution < -0.4 is 9.73 Å². The van der Waals surface area contributed by atoms with Crippen molar-refractivity contribution in [2.45, 2.75) is 18.4 Å². The number of amides is 1. The second kappa shape index (κ2) is 11.2. The van der Waals surface area contributed by atoms with Crippen molar-refractivity contribution in [3.8, 4) is 0 Å². The molecule has 0 aliphatic rings. The molecule has 0 saturated carbocycles. The van der Waals surface area contributed by atoms with Crippen molar-refractivity contribution in [2.24, 2.45) is 5.10 Å². The predicted octanol–water partition coefficient (Wildman–Crippen LogP) is 5.20. The Bertz CT molecular complexity index is 1470. The van der Waals surface area contributed by atoms with Gasteiger partial charge >= 0.3 is 0 Å². The second-order valence-electron chi connectivity index (χ2n) is 7.95. The summed E-state index contributed by atoms with van der Waals surface area (Å²) >= 11 is 6.02. The highest BCUT2D eigenvalue weighted by atomic mass is 35.5. The number of nitrogens with zero attached hydrogens (tertiary/aromatic N) is 3. The molecule has 0 aliphatic heterocycles. The lowest BCUT2D eigenvalue weighted by Crippen LogP contribution is -2.33. The van der Waals surface area contributed by atoms with E-state index in [1.165, 1.54) is 10.5 Å². The van der Waals surface area contributed by atoms with Crippen molar-refractivity contribution in [3.63, 3.8) is 0 Å². The summed E-state index contributed by atoms with van der Waals surface area (Å²) in [6, 6.07) is 23.5. The van der Waals surface area contributed by atoms with Crippen LogP contribution in [-0.4, -0.2) is 25.5 Å². The van der Waals surface area contributed by atoms with E-state index < -0.39 is 15.9 Å². The number of hydrazone groups is 1. The van der Waals surface area contributed by atoms with Crippen molar-refractivity contribution in [1.82, 2.24) is 10.4 Å². The van der Waals surface area contributed by atoms with Gasteiger partial charge < -0.3 is 0 Å². The Labute approximate surface area is 215 Å². The summed E-state index contributed by atoms with van der Waals surface area (Å²) in [5, 5.41) is 4.53. The summed E-state index contributed by atoms with van der Waals surface area (Å²) in [6.07, 6.45) is 4.70. The van der Waals surface area contributed by atoms with Gasteiger partial charge in [-0.15, -0.1) is 0 Å². The van der Waals surface area contributed by atoms with Gasteiger partial charge in [-0.2, -0.15) is 5.10 Å². The lowest BCUT2D eigenvalue weighted by molar-refractivity contribution is 0.0955. The Kier molecular flexibility index (Phi) is 7.77. The second-order valence-corrected chi connectivity index (χ2v) is 10.3. The summed E-state index contributed by atoms with van der Waals surface area (Å²) in [6.45, 7) is 1.88. The zero-order chi connectivity index (χ0) is 25.5. The smallest absolute Gasteiger partial charge is 0.267 e. The summed E-state index contributed by atoms with van der Waals surface area (Å²) < 4.78 is 28.9. The highest BCUT2D eigenvalue weighted by Crippen LogP contribution is 2.29. The molecule has 0 radical (unpaired) electrons. The largest absolute Gasteiger partial charge is 0.273 e. The predicted molar refractivity (Wildman–Crippen MR) is 142 cm³/mol. The first kappa shape index (κ1) is 25.1. The van der Waals surface area contributed by atoms with Gasteiger partial charge in [0.05, 0.1) is 28.9 Å². The van der Waals surface area contributed by atoms with Gasteiger partial charge in [0.1, 0.15) is 0 Å². The van der Waals surface area contributed by atoms with E-state index in [-0.39, 0.29) is 22.7 Å². The molecule has 0 atom stereocenters. The van der Waals surface area contributed by atoms with Crippen LogP contribution in [0, 0.1) is 6.92 Å². The summed E-state index contributed by atoms with van der Waals surface area (Å²) in [4.78, 5) is 17.2. The summed E-state index contributed by atoms with van der Waals surface area (Å²) in [5.74, 6) is -0.550. The normalized spacial score (nSPS) is 11.4. The first-order valence-electron chi connectivity index (χ1n) is 11.0. The molecule has 182 valence electrons. The molecule has 36 heavy (non-hydrogen) atoms. The van der Waals surface area contributed by atoms with Gasteiger partial charge in [-0.3, -0.25) is 14.1 Å². The zero-order valence-electron chi connectivity index (χ0n) is 19.4. The fourth-order valence-electron chi connectivity index (χ4n) is 3.45. The molecule has 3 aromatic carbocycles. The number of aryl methyl sites for hydroxylation is 1. The molecular formula is C27H23ClN4O3S. The van der Waals surface area contributed by atoms with E-state index >= 15 is 0 Å². The lowest BCUT2D eigenvalue weighted by atomic mass is 10.1. The van der Waals surface area contributed by atoms with Crippen molar-refractivity contribution in [1.29, 1.82) is 0 Å². The molecule has 1 heterocycles. The van der Waals surface area contributed by atoms with Crippen LogP contribution in [0.3, 0.4) is 0 Å². The number of para-hydroxylation sites is 1.